The monoisotopic (exact) mass is 306 g/mol. The van der Waals surface area contributed by atoms with Crippen LogP contribution in [0.3, 0.4) is 0 Å². The summed E-state index contributed by atoms with van der Waals surface area (Å²) in [7, 11) is 3.16. The first-order valence-electron chi connectivity index (χ1n) is 7.75. The van der Waals surface area contributed by atoms with Crippen LogP contribution < -0.4 is 14.9 Å². The molecule has 0 aliphatic heterocycles. The van der Waals surface area contributed by atoms with Crippen LogP contribution in [0.2, 0.25) is 0 Å². The quantitative estimate of drug-likeness (QED) is 0.409. The van der Waals surface area contributed by atoms with Crippen molar-refractivity contribution in [1.82, 2.24) is 5.43 Å². The van der Waals surface area contributed by atoms with Crippen LogP contribution in [0.1, 0.15) is 51.0 Å². The Morgan fingerprint density at radius 1 is 1.18 bits per heavy atom. The summed E-state index contributed by atoms with van der Waals surface area (Å²) in [6.07, 6.45) is 7.70. The molecule has 1 amide bonds. The van der Waals surface area contributed by atoms with E-state index in [0.717, 1.165) is 18.4 Å². The minimum Gasteiger partial charge on any atom is -0.493 e. The number of para-hydroxylation sites is 1. The zero-order chi connectivity index (χ0) is 16.2. The van der Waals surface area contributed by atoms with Crippen molar-refractivity contribution in [1.29, 1.82) is 0 Å². The minimum atomic E-state index is -0.0605. The lowest BCUT2D eigenvalue weighted by Crippen LogP contribution is -2.17. The zero-order valence-corrected chi connectivity index (χ0v) is 13.7. The first-order valence-corrected chi connectivity index (χ1v) is 7.75. The topological polar surface area (TPSA) is 59.9 Å². The maximum Gasteiger partial charge on any atom is 0.240 e. The van der Waals surface area contributed by atoms with Crippen molar-refractivity contribution in [3.05, 3.63) is 23.8 Å². The summed E-state index contributed by atoms with van der Waals surface area (Å²) >= 11 is 0. The number of rotatable bonds is 10. The Morgan fingerprint density at radius 3 is 2.64 bits per heavy atom. The summed E-state index contributed by atoms with van der Waals surface area (Å²) in [4.78, 5) is 11.7. The van der Waals surface area contributed by atoms with Crippen LogP contribution in [0.4, 0.5) is 0 Å². The molecule has 0 atom stereocenters. The lowest BCUT2D eigenvalue weighted by molar-refractivity contribution is -0.121. The molecule has 1 aromatic rings. The molecule has 0 aromatic heterocycles. The van der Waals surface area contributed by atoms with E-state index in [1.54, 1.807) is 20.4 Å². The number of amides is 1. The second-order valence-electron chi connectivity index (χ2n) is 5.04. The van der Waals surface area contributed by atoms with Gasteiger partial charge in [-0.05, 0) is 18.6 Å². The van der Waals surface area contributed by atoms with E-state index in [0.29, 0.717) is 17.9 Å². The highest BCUT2D eigenvalue weighted by Crippen LogP contribution is 2.29. The number of benzene rings is 1. The van der Waals surface area contributed by atoms with E-state index in [2.05, 4.69) is 17.5 Å². The van der Waals surface area contributed by atoms with Gasteiger partial charge < -0.3 is 9.47 Å². The largest absolute Gasteiger partial charge is 0.493 e. The third-order valence-corrected chi connectivity index (χ3v) is 3.33. The summed E-state index contributed by atoms with van der Waals surface area (Å²) in [6.45, 7) is 2.17. The fourth-order valence-corrected chi connectivity index (χ4v) is 2.13. The van der Waals surface area contributed by atoms with Gasteiger partial charge in [0.25, 0.3) is 0 Å². The van der Waals surface area contributed by atoms with Crippen molar-refractivity contribution in [2.24, 2.45) is 5.10 Å². The van der Waals surface area contributed by atoms with Crippen LogP contribution in [0.15, 0.2) is 23.3 Å². The molecule has 5 heteroatoms. The van der Waals surface area contributed by atoms with Crippen LogP contribution >= 0.6 is 0 Å². The van der Waals surface area contributed by atoms with Gasteiger partial charge in [0.1, 0.15) is 0 Å². The SMILES string of the molecule is CCCCCCCC(=O)N/N=C/c1cccc(OC)c1OC. The third-order valence-electron chi connectivity index (χ3n) is 3.33. The molecule has 5 nitrogen and oxygen atoms in total. The van der Waals surface area contributed by atoms with E-state index in [1.807, 2.05) is 18.2 Å². The zero-order valence-electron chi connectivity index (χ0n) is 13.7. The van der Waals surface area contributed by atoms with E-state index in [-0.39, 0.29) is 5.91 Å². The highest BCUT2D eigenvalue weighted by Gasteiger charge is 2.07. The fourth-order valence-electron chi connectivity index (χ4n) is 2.13. The van der Waals surface area contributed by atoms with Gasteiger partial charge >= 0.3 is 0 Å². The van der Waals surface area contributed by atoms with Gasteiger partial charge in [-0.1, -0.05) is 38.7 Å². The van der Waals surface area contributed by atoms with Crippen LogP contribution in [-0.4, -0.2) is 26.3 Å². The van der Waals surface area contributed by atoms with Gasteiger partial charge in [0.2, 0.25) is 5.91 Å². The standard InChI is InChI=1S/C17H26N2O3/c1-4-5-6-7-8-12-16(20)19-18-13-14-10-9-11-15(21-2)17(14)22-3/h9-11,13H,4-8,12H2,1-3H3,(H,19,20)/b18-13+. The number of hydrogen-bond donors (Lipinski definition) is 1. The van der Waals surface area contributed by atoms with Crippen LogP contribution in [-0.2, 0) is 4.79 Å². The van der Waals surface area contributed by atoms with Crippen molar-refractivity contribution < 1.29 is 14.3 Å². The molecule has 0 fully saturated rings. The van der Waals surface area contributed by atoms with Gasteiger partial charge in [0.05, 0.1) is 20.4 Å². The van der Waals surface area contributed by atoms with E-state index in [1.165, 1.54) is 19.3 Å². The predicted octanol–water partition coefficient (Wildman–Crippen LogP) is 3.51. The van der Waals surface area contributed by atoms with Gasteiger partial charge in [-0.25, -0.2) is 5.43 Å². The number of hydrazone groups is 1. The van der Waals surface area contributed by atoms with Gasteiger partial charge in [0.15, 0.2) is 11.5 Å². The van der Waals surface area contributed by atoms with Crippen LogP contribution in [0.5, 0.6) is 11.5 Å². The lowest BCUT2D eigenvalue weighted by atomic mass is 10.1. The summed E-state index contributed by atoms with van der Waals surface area (Å²) in [6, 6.07) is 5.51. The van der Waals surface area contributed by atoms with Gasteiger partial charge in [-0.2, -0.15) is 5.10 Å². The number of carbonyl (C=O) groups is 1. The predicted molar refractivity (Wildman–Crippen MR) is 88.7 cm³/mol. The van der Waals surface area contributed by atoms with E-state index in [9.17, 15) is 4.79 Å². The van der Waals surface area contributed by atoms with Crippen LogP contribution in [0.25, 0.3) is 0 Å². The number of nitrogens with one attached hydrogen (secondary N) is 1. The molecule has 0 saturated heterocycles. The smallest absolute Gasteiger partial charge is 0.240 e. The molecule has 0 bridgehead atoms. The van der Waals surface area contributed by atoms with Crippen molar-refractivity contribution in [3.8, 4) is 11.5 Å². The number of carbonyl (C=O) groups excluding carboxylic acids is 1. The Balaban J connectivity index is 2.44. The van der Waals surface area contributed by atoms with Gasteiger partial charge in [-0.3, -0.25) is 4.79 Å². The highest BCUT2D eigenvalue weighted by molar-refractivity contribution is 5.86. The van der Waals surface area contributed by atoms with E-state index in [4.69, 9.17) is 9.47 Å². The lowest BCUT2D eigenvalue weighted by Gasteiger charge is -2.09. The molecule has 22 heavy (non-hydrogen) atoms. The first-order chi connectivity index (χ1) is 10.7. The normalized spacial score (nSPS) is 10.7. The molecular formula is C17H26N2O3. The number of nitrogens with zero attached hydrogens (tertiary/aromatic N) is 1. The molecule has 0 saturated carbocycles. The fraction of sp³-hybridized carbons (Fsp3) is 0.529. The molecule has 1 N–H and O–H groups in total. The summed E-state index contributed by atoms with van der Waals surface area (Å²) in [5.41, 5.74) is 3.30. The maximum absolute atomic E-state index is 11.7. The molecular weight excluding hydrogens is 280 g/mol. The van der Waals surface area contributed by atoms with Gasteiger partial charge in [0, 0.05) is 12.0 Å². The van der Waals surface area contributed by atoms with Crippen LogP contribution in [0, 0.1) is 0 Å². The van der Waals surface area contributed by atoms with Crippen molar-refractivity contribution in [3.63, 3.8) is 0 Å². The Morgan fingerprint density at radius 2 is 1.95 bits per heavy atom. The van der Waals surface area contributed by atoms with E-state index >= 15 is 0 Å². The number of unbranched alkanes of at least 4 members (excludes halogenated alkanes) is 4. The molecule has 0 spiro atoms. The first kappa shape index (κ1) is 18.0. The van der Waals surface area contributed by atoms with Gasteiger partial charge in [-0.15, -0.1) is 0 Å². The summed E-state index contributed by atoms with van der Waals surface area (Å²) in [5, 5.41) is 3.98. The number of methoxy groups -OCH3 is 2. The van der Waals surface area contributed by atoms with Crippen molar-refractivity contribution >= 4 is 12.1 Å². The van der Waals surface area contributed by atoms with Crippen molar-refractivity contribution in [2.75, 3.05) is 14.2 Å². The molecule has 122 valence electrons. The number of hydrogen-bond acceptors (Lipinski definition) is 4. The Labute approximate surface area is 132 Å². The Kier molecular flexibility index (Phi) is 8.72. The molecule has 1 aromatic carbocycles. The molecule has 1 rings (SSSR count). The number of ether oxygens (including phenoxy) is 2. The summed E-state index contributed by atoms with van der Waals surface area (Å²) < 4.78 is 10.5. The second-order valence-corrected chi connectivity index (χ2v) is 5.04. The molecule has 0 unspecified atom stereocenters. The highest BCUT2D eigenvalue weighted by atomic mass is 16.5. The average Bonchev–Trinajstić information content (AvgIpc) is 2.54. The summed E-state index contributed by atoms with van der Waals surface area (Å²) in [5.74, 6) is 1.17. The Hall–Kier alpha value is -2.04. The average molecular weight is 306 g/mol. The minimum absolute atomic E-state index is 0.0605. The van der Waals surface area contributed by atoms with E-state index < -0.39 is 0 Å². The maximum atomic E-state index is 11.7. The Bertz CT molecular complexity index is 487. The molecule has 0 aliphatic rings. The molecule has 0 radical (unpaired) electrons. The molecule has 0 aliphatic carbocycles. The van der Waals surface area contributed by atoms with Crippen molar-refractivity contribution in [2.45, 2.75) is 45.4 Å². The second kappa shape index (κ2) is 10.7. The third kappa shape index (κ3) is 6.16. The molecule has 0 heterocycles.